The highest BCUT2D eigenvalue weighted by Gasteiger charge is 2.24. The zero-order chi connectivity index (χ0) is 23.5. The average molecular weight is 469 g/mol. The summed E-state index contributed by atoms with van der Waals surface area (Å²) in [5.74, 6) is -0.256. The number of ketones is 1. The van der Waals surface area contributed by atoms with Gasteiger partial charge in [0, 0.05) is 59.5 Å². The summed E-state index contributed by atoms with van der Waals surface area (Å²) in [7, 11) is 0. The molecule has 0 radical (unpaired) electrons. The van der Waals surface area contributed by atoms with Crippen LogP contribution in [0.4, 0.5) is 14.9 Å². The molecule has 33 heavy (non-hydrogen) atoms. The van der Waals surface area contributed by atoms with E-state index in [0.29, 0.717) is 49.0 Å². The van der Waals surface area contributed by atoms with Gasteiger partial charge in [0.05, 0.1) is 6.54 Å². The Bertz CT molecular complexity index is 1150. The number of carbonyl (C=O) groups excluding carboxylic acids is 2. The zero-order valence-electron chi connectivity index (χ0n) is 18.6. The van der Waals surface area contributed by atoms with Gasteiger partial charge in [0.25, 0.3) is 0 Å². The van der Waals surface area contributed by atoms with E-state index < -0.39 is 0 Å². The van der Waals surface area contributed by atoms with Crippen molar-refractivity contribution >= 4 is 29.1 Å². The summed E-state index contributed by atoms with van der Waals surface area (Å²) in [4.78, 5) is 29.4. The minimum absolute atomic E-state index is 0.0375. The number of halogens is 2. The van der Waals surface area contributed by atoms with Gasteiger partial charge >= 0.3 is 6.03 Å². The number of amides is 2. The Hall–Kier alpha value is -3.16. The summed E-state index contributed by atoms with van der Waals surface area (Å²) in [5, 5.41) is 3.49. The predicted octanol–water partition coefficient (Wildman–Crippen LogP) is 4.92. The predicted molar refractivity (Wildman–Crippen MR) is 128 cm³/mol. The van der Waals surface area contributed by atoms with Crippen molar-refractivity contribution in [1.82, 2.24) is 14.4 Å². The fourth-order valence-corrected chi connectivity index (χ4v) is 4.29. The summed E-state index contributed by atoms with van der Waals surface area (Å²) in [6.07, 6.45) is 0. The maximum Gasteiger partial charge on any atom is 0.321 e. The Morgan fingerprint density at radius 1 is 0.970 bits per heavy atom. The highest BCUT2D eigenvalue weighted by Crippen LogP contribution is 2.22. The summed E-state index contributed by atoms with van der Waals surface area (Å²) in [6, 6.07) is 14.9. The van der Waals surface area contributed by atoms with Crippen molar-refractivity contribution in [2.45, 2.75) is 13.8 Å². The summed E-state index contributed by atoms with van der Waals surface area (Å²) in [5.41, 5.74) is 3.94. The van der Waals surface area contributed by atoms with Crippen LogP contribution >= 0.6 is 11.6 Å². The molecule has 2 amide bonds. The van der Waals surface area contributed by atoms with Gasteiger partial charge in [-0.1, -0.05) is 11.6 Å². The third-order valence-corrected chi connectivity index (χ3v) is 6.19. The van der Waals surface area contributed by atoms with Gasteiger partial charge in [-0.05, 0) is 68.4 Å². The molecule has 2 aromatic carbocycles. The number of aromatic nitrogens is 1. The second-order valence-electron chi connectivity index (χ2n) is 8.22. The third kappa shape index (κ3) is 5.26. The number of hydrogen-bond donors (Lipinski definition) is 1. The van der Waals surface area contributed by atoms with E-state index in [0.717, 1.165) is 17.1 Å². The molecule has 0 unspecified atom stereocenters. The van der Waals surface area contributed by atoms with Gasteiger partial charge < -0.3 is 14.8 Å². The lowest BCUT2D eigenvalue weighted by Gasteiger charge is -2.34. The normalized spacial score (nSPS) is 14.4. The molecule has 1 aromatic heterocycles. The van der Waals surface area contributed by atoms with E-state index in [1.807, 2.05) is 24.5 Å². The molecule has 1 saturated heterocycles. The largest absolute Gasteiger partial charge is 0.322 e. The molecule has 3 aromatic rings. The summed E-state index contributed by atoms with van der Waals surface area (Å²) in [6.45, 7) is 6.46. The van der Waals surface area contributed by atoms with E-state index in [2.05, 4.69) is 10.2 Å². The molecule has 1 aliphatic rings. The number of urea groups is 1. The van der Waals surface area contributed by atoms with E-state index in [-0.39, 0.29) is 17.6 Å². The van der Waals surface area contributed by atoms with Crippen LogP contribution in [0.15, 0.2) is 54.6 Å². The molecule has 0 aliphatic carbocycles. The summed E-state index contributed by atoms with van der Waals surface area (Å²) >= 11 is 5.88. The maximum atomic E-state index is 13.3. The van der Waals surface area contributed by atoms with Crippen molar-refractivity contribution in [2.24, 2.45) is 0 Å². The molecule has 172 valence electrons. The molecule has 1 N–H and O–H groups in total. The van der Waals surface area contributed by atoms with Crippen LogP contribution in [-0.4, -0.2) is 58.9 Å². The molecule has 0 atom stereocenters. The fraction of sp³-hybridized carbons (Fsp3) is 0.280. The van der Waals surface area contributed by atoms with E-state index in [1.54, 1.807) is 41.3 Å². The Morgan fingerprint density at radius 2 is 1.61 bits per heavy atom. The lowest BCUT2D eigenvalue weighted by atomic mass is 10.1. The molecule has 1 fully saturated rings. The number of anilines is 1. The first-order valence-corrected chi connectivity index (χ1v) is 11.2. The minimum atomic E-state index is -0.293. The lowest BCUT2D eigenvalue weighted by molar-refractivity contribution is 0.0883. The van der Waals surface area contributed by atoms with Crippen molar-refractivity contribution in [3.8, 4) is 5.69 Å². The average Bonchev–Trinajstić information content (AvgIpc) is 3.10. The van der Waals surface area contributed by atoms with Crippen LogP contribution in [0.1, 0.15) is 21.7 Å². The van der Waals surface area contributed by atoms with E-state index >= 15 is 0 Å². The highest BCUT2D eigenvalue weighted by molar-refractivity contribution is 6.30. The van der Waals surface area contributed by atoms with Gasteiger partial charge in [-0.3, -0.25) is 9.69 Å². The molecule has 2 heterocycles. The molecule has 6 nitrogen and oxygen atoms in total. The first kappa shape index (κ1) is 23.0. The van der Waals surface area contributed by atoms with Crippen LogP contribution < -0.4 is 5.32 Å². The van der Waals surface area contributed by atoms with Gasteiger partial charge in [0.15, 0.2) is 5.78 Å². The molecule has 0 saturated carbocycles. The molecular weight excluding hydrogens is 443 g/mol. The minimum Gasteiger partial charge on any atom is -0.322 e. The van der Waals surface area contributed by atoms with E-state index in [1.165, 1.54) is 12.1 Å². The number of benzene rings is 2. The first-order chi connectivity index (χ1) is 15.8. The number of nitrogens with zero attached hydrogens (tertiary/aromatic N) is 3. The zero-order valence-corrected chi connectivity index (χ0v) is 19.4. The van der Waals surface area contributed by atoms with Crippen LogP contribution in [0.25, 0.3) is 5.69 Å². The van der Waals surface area contributed by atoms with Crippen LogP contribution in [0.5, 0.6) is 0 Å². The van der Waals surface area contributed by atoms with E-state index in [4.69, 9.17) is 11.6 Å². The Morgan fingerprint density at radius 3 is 2.24 bits per heavy atom. The van der Waals surface area contributed by atoms with Gasteiger partial charge in [-0.2, -0.15) is 0 Å². The topological polar surface area (TPSA) is 57.6 Å². The number of aryl methyl sites for hydroxylation is 1. The number of nitrogens with one attached hydrogen (secondary N) is 1. The van der Waals surface area contributed by atoms with Crippen molar-refractivity contribution < 1.29 is 14.0 Å². The molecule has 8 heteroatoms. The van der Waals surface area contributed by atoms with Crippen LogP contribution in [0, 0.1) is 19.7 Å². The van der Waals surface area contributed by atoms with E-state index in [9.17, 15) is 14.0 Å². The van der Waals surface area contributed by atoms with Gasteiger partial charge in [-0.25, -0.2) is 9.18 Å². The smallest absolute Gasteiger partial charge is 0.321 e. The molecule has 1 aliphatic heterocycles. The molecule has 0 spiro atoms. The second kappa shape index (κ2) is 9.77. The van der Waals surface area contributed by atoms with Crippen LogP contribution in [-0.2, 0) is 0 Å². The van der Waals surface area contributed by atoms with Crippen LogP contribution in [0.2, 0.25) is 5.02 Å². The van der Waals surface area contributed by atoms with Gasteiger partial charge in [0.1, 0.15) is 5.82 Å². The highest BCUT2D eigenvalue weighted by atomic mass is 35.5. The quantitative estimate of drug-likeness (QED) is 0.541. The second-order valence-corrected chi connectivity index (χ2v) is 8.66. The Balaban J connectivity index is 1.35. The van der Waals surface area contributed by atoms with Crippen molar-refractivity contribution in [3.05, 3.63) is 82.4 Å². The number of piperazine rings is 1. The Kier molecular flexibility index (Phi) is 6.81. The number of carbonyl (C=O) groups is 2. The SMILES string of the molecule is Cc1cc(C(=O)CN2CCN(C(=O)Nc3ccc(Cl)cc3)CC2)c(C)n1-c1ccc(F)cc1. The van der Waals surface area contributed by atoms with Gasteiger partial charge in [-0.15, -0.1) is 0 Å². The van der Waals surface area contributed by atoms with Gasteiger partial charge in [0.2, 0.25) is 0 Å². The number of hydrogen-bond acceptors (Lipinski definition) is 3. The Labute approximate surface area is 197 Å². The third-order valence-electron chi connectivity index (χ3n) is 5.94. The fourth-order valence-electron chi connectivity index (χ4n) is 4.17. The standard InChI is InChI=1S/C25H26ClFN4O2/c1-17-15-23(18(2)31(17)22-9-5-20(27)6-10-22)24(32)16-29-11-13-30(14-12-29)25(33)28-21-7-3-19(26)4-8-21/h3-10,15H,11-14,16H2,1-2H3,(H,28,33). The van der Waals surface area contributed by atoms with Crippen molar-refractivity contribution in [2.75, 3.05) is 38.0 Å². The monoisotopic (exact) mass is 468 g/mol. The molecule has 4 rings (SSSR count). The summed E-state index contributed by atoms with van der Waals surface area (Å²) < 4.78 is 15.3. The van der Waals surface area contributed by atoms with Crippen molar-refractivity contribution in [1.29, 1.82) is 0 Å². The maximum absolute atomic E-state index is 13.3. The van der Waals surface area contributed by atoms with Crippen LogP contribution in [0.3, 0.4) is 0 Å². The molecular formula is C25H26ClFN4O2. The first-order valence-electron chi connectivity index (χ1n) is 10.8. The van der Waals surface area contributed by atoms with Crippen molar-refractivity contribution in [3.63, 3.8) is 0 Å². The molecule has 0 bridgehead atoms. The number of rotatable bonds is 5. The number of Topliss-reactive ketones (excluding diaryl/α,β-unsaturated/α-hetero) is 1. The lowest BCUT2D eigenvalue weighted by Crippen LogP contribution is -2.51.